The molecule has 2 aromatic carbocycles. The molecule has 0 aromatic heterocycles. The highest BCUT2D eigenvalue weighted by molar-refractivity contribution is 7.86. The van der Waals surface area contributed by atoms with Gasteiger partial charge in [0, 0.05) is 6.54 Å². The Labute approximate surface area is 159 Å². The topological polar surface area (TPSA) is 85.3 Å². The number of rotatable bonds is 6. The smallest absolute Gasteiger partial charge is 0.409 e. The minimum atomic E-state index is -3.90. The van der Waals surface area contributed by atoms with Gasteiger partial charge in [-0.25, -0.2) is 0 Å². The van der Waals surface area contributed by atoms with Gasteiger partial charge in [0.05, 0.1) is 17.7 Å². The third-order valence-electron chi connectivity index (χ3n) is 4.34. The van der Waals surface area contributed by atoms with Crippen LogP contribution >= 0.6 is 0 Å². The molecular formula is C18H22BNO6S. The van der Waals surface area contributed by atoms with Gasteiger partial charge < -0.3 is 19.3 Å². The van der Waals surface area contributed by atoms with E-state index in [0.29, 0.717) is 17.2 Å². The first-order valence-electron chi connectivity index (χ1n) is 8.56. The summed E-state index contributed by atoms with van der Waals surface area (Å²) in [4.78, 5) is 1.81. The number of hydrogen-bond donors (Lipinski definition) is 1. The van der Waals surface area contributed by atoms with Crippen molar-refractivity contribution >= 4 is 22.9 Å². The second-order valence-corrected chi connectivity index (χ2v) is 8.00. The van der Waals surface area contributed by atoms with Gasteiger partial charge in [-0.3, -0.25) is 4.18 Å². The fourth-order valence-electron chi connectivity index (χ4n) is 2.91. The highest BCUT2D eigenvalue weighted by atomic mass is 32.2. The zero-order valence-corrected chi connectivity index (χ0v) is 16.3. The van der Waals surface area contributed by atoms with Crippen molar-refractivity contribution in [1.82, 2.24) is 0 Å². The summed E-state index contributed by atoms with van der Waals surface area (Å²) in [5, 5.41) is 10.1. The molecule has 3 rings (SSSR count). The standard InChI is InChI=1S/C18H22BNO6S/c1-13-7-9-15(10-8-13)27(22,23)25-12-14-11-20(19(2)21)16-5-4-6-17(24-3)18(16)26-14/h4-10,14,21H,11-12H2,1-3H3. The van der Waals surface area contributed by atoms with E-state index in [1.807, 2.05) is 13.0 Å². The SMILES string of the molecule is COc1cccc2c1OC(COS(=O)(=O)c1ccc(C)cc1)CN2B(C)O. The van der Waals surface area contributed by atoms with Crippen molar-refractivity contribution < 1.29 is 27.1 Å². The van der Waals surface area contributed by atoms with Crippen LogP contribution in [0.2, 0.25) is 6.82 Å². The molecule has 0 spiro atoms. The first-order valence-corrected chi connectivity index (χ1v) is 9.97. The Morgan fingerprint density at radius 1 is 1.26 bits per heavy atom. The van der Waals surface area contributed by atoms with Gasteiger partial charge in [0.15, 0.2) is 11.5 Å². The maximum atomic E-state index is 12.4. The minimum absolute atomic E-state index is 0.0919. The Morgan fingerprint density at radius 3 is 2.59 bits per heavy atom. The molecule has 9 heteroatoms. The van der Waals surface area contributed by atoms with Gasteiger partial charge in [0.25, 0.3) is 10.1 Å². The monoisotopic (exact) mass is 391 g/mol. The van der Waals surface area contributed by atoms with Crippen LogP contribution in [0.1, 0.15) is 5.56 Å². The number of fused-ring (bicyclic) bond motifs is 1. The van der Waals surface area contributed by atoms with Gasteiger partial charge >= 0.3 is 7.05 Å². The van der Waals surface area contributed by atoms with Crippen LogP contribution in [0.4, 0.5) is 5.69 Å². The average Bonchev–Trinajstić information content (AvgIpc) is 2.65. The summed E-state index contributed by atoms with van der Waals surface area (Å²) in [6.45, 7) is 3.61. The number of ether oxygens (including phenoxy) is 2. The van der Waals surface area contributed by atoms with Gasteiger partial charge in [0.1, 0.15) is 12.7 Å². The molecule has 1 heterocycles. The lowest BCUT2D eigenvalue weighted by atomic mass is 9.83. The Kier molecular flexibility index (Phi) is 5.64. The minimum Gasteiger partial charge on any atom is -0.493 e. The Morgan fingerprint density at radius 2 is 1.96 bits per heavy atom. The molecule has 1 N–H and O–H groups in total. The van der Waals surface area contributed by atoms with Crippen LogP contribution in [-0.4, -0.2) is 46.9 Å². The maximum Gasteiger partial charge on any atom is 0.409 e. The maximum absolute atomic E-state index is 12.4. The van der Waals surface area contributed by atoms with Crippen LogP contribution < -0.4 is 14.3 Å². The lowest BCUT2D eigenvalue weighted by Crippen LogP contribution is -2.49. The molecule has 0 radical (unpaired) electrons. The zero-order valence-electron chi connectivity index (χ0n) is 15.5. The molecule has 2 aromatic rings. The second kappa shape index (κ2) is 7.79. The van der Waals surface area contributed by atoms with E-state index in [1.54, 1.807) is 35.9 Å². The molecular weight excluding hydrogens is 369 g/mol. The molecule has 0 saturated heterocycles. The number of benzene rings is 2. The molecule has 0 saturated carbocycles. The quantitative estimate of drug-likeness (QED) is 0.596. The van der Waals surface area contributed by atoms with Crippen molar-refractivity contribution in [2.45, 2.75) is 24.7 Å². The summed E-state index contributed by atoms with van der Waals surface area (Å²) in [5.41, 5.74) is 1.64. The molecule has 0 bridgehead atoms. The predicted octanol–water partition coefficient (Wildman–Crippen LogP) is 2.09. The van der Waals surface area contributed by atoms with Crippen LogP contribution in [0, 0.1) is 6.92 Å². The van der Waals surface area contributed by atoms with E-state index in [4.69, 9.17) is 13.7 Å². The summed E-state index contributed by atoms with van der Waals surface area (Å²) in [7, 11) is -3.16. The summed E-state index contributed by atoms with van der Waals surface area (Å²) in [6.07, 6.45) is -0.594. The summed E-state index contributed by atoms with van der Waals surface area (Å²) in [6, 6.07) is 11.8. The lowest BCUT2D eigenvalue weighted by Gasteiger charge is -2.37. The van der Waals surface area contributed by atoms with E-state index in [9.17, 15) is 13.4 Å². The average molecular weight is 391 g/mol. The van der Waals surface area contributed by atoms with Crippen LogP contribution in [0.3, 0.4) is 0 Å². The molecule has 7 nitrogen and oxygen atoms in total. The zero-order chi connectivity index (χ0) is 19.6. The third kappa shape index (κ3) is 4.21. The Hall–Kier alpha value is -2.23. The molecule has 1 unspecified atom stereocenters. The van der Waals surface area contributed by atoms with E-state index >= 15 is 0 Å². The van der Waals surface area contributed by atoms with Crippen LogP contribution in [-0.2, 0) is 14.3 Å². The Balaban J connectivity index is 1.79. The van der Waals surface area contributed by atoms with Crippen molar-refractivity contribution in [1.29, 1.82) is 0 Å². The van der Waals surface area contributed by atoms with Crippen LogP contribution in [0.15, 0.2) is 47.4 Å². The lowest BCUT2D eigenvalue weighted by molar-refractivity contribution is 0.127. The largest absolute Gasteiger partial charge is 0.493 e. The van der Waals surface area contributed by atoms with Crippen molar-refractivity contribution in [3.63, 3.8) is 0 Å². The molecule has 1 atom stereocenters. The first kappa shape index (κ1) is 19.5. The summed E-state index contributed by atoms with van der Waals surface area (Å²) < 4.78 is 41.3. The number of anilines is 1. The van der Waals surface area contributed by atoms with Crippen molar-refractivity contribution in [2.75, 3.05) is 25.1 Å². The van der Waals surface area contributed by atoms with E-state index < -0.39 is 23.3 Å². The predicted molar refractivity (Wildman–Crippen MR) is 103 cm³/mol. The highest BCUT2D eigenvalue weighted by Crippen LogP contribution is 2.41. The van der Waals surface area contributed by atoms with E-state index in [2.05, 4.69) is 0 Å². The molecule has 27 heavy (non-hydrogen) atoms. The number of aryl methyl sites for hydroxylation is 1. The fraction of sp³-hybridized carbons (Fsp3) is 0.333. The molecule has 0 aliphatic carbocycles. The molecule has 0 amide bonds. The van der Waals surface area contributed by atoms with Gasteiger partial charge in [-0.05, 0) is 38.0 Å². The van der Waals surface area contributed by atoms with E-state index in [0.717, 1.165) is 5.56 Å². The van der Waals surface area contributed by atoms with Gasteiger partial charge in [-0.15, -0.1) is 0 Å². The van der Waals surface area contributed by atoms with Gasteiger partial charge in [-0.2, -0.15) is 8.42 Å². The van der Waals surface area contributed by atoms with E-state index in [-0.39, 0.29) is 18.0 Å². The fourth-order valence-corrected chi connectivity index (χ4v) is 3.85. The summed E-state index contributed by atoms with van der Waals surface area (Å²) in [5.74, 6) is 0.956. The van der Waals surface area contributed by atoms with Crippen molar-refractivity contribution in [3.05, 3.63) is 48.0 Å². The second-order valence-electron chi connectivity index (χ2n) is 6.38. The molecule has 0 fully saturated rings. The third-order valence-corrected chi connectivity index (χ3v) is 5.64. The number of methoxy groups -OCH3 is 1. The number of para-hydroxylation sites is 1. The molecule has 1 aliphatic rings. The van der Waals surface area contributed by atoms with Gasteiger partial charge in [0.2, 0.25) is 0 Å². The normalized spacial score (nSPS) is 16.4. The molecule has 1 aliphatic heterocycles. The number of nitrogens with zero attached hydrogens (tertiary/aromatic N) is 1. The molecule has 144 valence electrons. The summed E-state index contributed by atoms with van der Waals surface area (Å²) >= 11 is 0. The number of hydrogen-bond acceptors (Lipinski definition) is 7. The van der Waals surface area contributed by atoms with Crippen LogP contribution in [0.5, 0.6) is 11.5 Å². The van der Waals surface area contributed by atoms with Crippen molar-refractivity contribution in [3.8, 4) is 11.5 Å². The van der Waals surface area contributed by atoms with Crippen molar-refractivity contribution in [2.24, 2.45) is 0 Å². The highest BCUT2D eigenvalue weighted by Gasteiger charge is 2.33. The Bertz CT molecular complexity index is 901. The first-order chi connectivity index (χ1) is 12.8. The van der Waals surface area contributed by atoms with E-state index in [1.165, 1.54) is 19.2 Å². The van der Waals surface area contributed by atoms with Crippen LogP contribution in [0.25, 0.3) is 0 Å². The van der Waals surface area contributed by atoms with Gasteiger partial charge in [-0.1, -0.05) is 23.8 Å².